The third-order valence-corrected chi connectivity index (χ3v) is 7.06. The molecule has 2 aromatic carbocycles. The van der Waals surface area contributed by atoms with E-state index < -0.39 is 0 Å². The number of hydrogen-bond acceptors (Lipinski definition) is 9. The van der Waals surface area contributed by atoms with Gasteiger partial charge in [-0.3, -0.25) is 19.3 Å². The number of carbonyl (C=O) groups excluding carboxylic acids is 3. The first kappa shape index (κ1) is 27.1. The molecule has 2 amide bonds. The predicted octanol–water partition coefficient (Wildman–Crippen LogP) is 4.43. The third-order valence-electron chi connectivity index (χ3n) is 5.32. The lowest BCUT2D eigenvalue weighted by molar-refractivity contribution is -0.142. The van der Waals surface area contributed by atoms with Gasteiger partial charge in [-0.2, -0.15) is 0 Å². The number of anilines is 3. The molecule has 1 aliphatic rings. The molecule has 0 spiro atoms. The number of thiazole rings is 1. The zero-order valence-corrected chi connectivity index (χ0v) is 22.8. The zero-order valence-electron chi connectivity index (χ0n) is 21.2. The molecule has 0 atom stereocenters. The van der Waals surface area contributed by atoms with Gasteiger partial charge >= 0.3 is 5.97 Å². The van der Waals surface area contributed by atoms with Gasteiger partial charge < -0.3 is 15.0 Å². The highest BCUT2D eigenvalue weighted by Gasteiger charge is 2.32. The molecule has 0 radical (unpaired) electrons. The number of thioether (sulfide) groups is 1. The molecule has 0 unspecified atom stereocenters. The molecule has 38 heavy (non-hydrogen) atoms. The van der Waals surface area contributed by atoms with E-state index in [9.17, 15) is 14.4 Å². The maximum Gasteiger partial charge on any atom is 0.311 e. The van der Waals surface area contributed by atoms with Crippen molar-refractivity contribution in [3.63, 3.8) is 0 Å². The summed E-state index contributed by atoms with van der Waals surface area (Å²) in [5.41, 5.74) is 3.39. The van der Waals surface area contributed by atoms with Crippen molar-refractivity contribution >= 4 is 68.6 Å². The highest BCUT2D eigenvalue weighted by molar-refractivity contribution is 8.14. The Bertz CT molecular complexity index is 1370. The minimum Gasteiger partial charge on any atom is -0.466 e. The van der Waals surface area contributed by atoms with Gasteiger partial charge in [-0.25, -0.2) is 9.98 Å². The number of amides is 2. The summed E-state index contributed by atoms with van der Waals surface area (Å²) in [4.78, 5) is 50.0. The van der Waals surface area contributed by atoms with E-state index in [0.29, 0.717) is 28.3 Å². The molecule has 2 heterocycles. The number of para-hydroxylation sites is 1. The number of nitrogens with zero attached hydrogens (tertiary/aromatic N) is 4. The minimum absolute atomic E-state index is 0.0209. The maximum atomic E-state index is 13.3. The number of aromatic nitrogens is 1. The van der Waals surface area contributed by atoms with Gasteiger partial charge in [0.25, 0.3) is 5.91 Å². The van der Waals surface area contributed by atoms with E-state index in [0.717, 1.165) is 23.0 Å². The summed E-state index contributed by atoms with van der Waals surface area (Å²) in [6, 6.07) is 17.0. The van der Waals surface area contributed by atoms with Gasteiger partial charge in [-0.15, -0.1) is 11.3 Å². The van der Waals surface area contributed by atoms with Crippen molar-refractivity contribution in [2.24, 2.45) is 4.99 Å². The van der Waals surface area contributed by atoms with Crippen LogP contribution in [0.2, 0.25) is 0 Å². The van der Waals surface area contributed by atoms with Crippen LogP contribution in [-0.2, 0) is 25.5 Å². The lowest BCUT2D eigenvalue weighted by Gasteiger charge is -2.17. The summed E-state index contributed by atoms with van der Waals surface area (Å²) in [6.07, 6.45) is 1.79. The summed E-state index contributed by atoms with van der Waals surface area (Å²) in [5.74, 6) is -0.910. The molecule has 1 N–H and O–H groups in total. The average Bonchev–Trinajstić information content (AvgIpc) is 3.46. The van der Waals surface area contributed by atoms with Gasteiger partial charge in [0.1, 0.15) is 5.70 Å². The molecule has 0 aliphatic carbocycles. The fourth-order valence-electron chi connectivity index (χ4n) is 3.52. The minimum atomic E-state index is -0.367. The summed E-state index contributed by atoms with van der Waals surface area (Å²) in [7, 11) is 3.93. The highest BCUT2D eigenvalue weighted by Crippen LogP contribution is 2.29. The number of nitrogens with one attached hydrogen (secondary N) is 1. The van der Waals surface area contributed by atoms with Gasteiger partial charge in [-0.1, -0.05) is 42.1 Å². The molecular weight excluding hydrogens is 522 g/mol. The van der Waals surface area contributed by atoms with E-state index in [-0.39, 0.29) is 35.7 Å². The van der Waals surface area contributed by atoms with Crippen molar-refractivity contribution in [2.45, 2.75) is 13.3 Å². The molecule has 1 aromatic heterocycles. The van der Waals surface area contributed by atoms with Crippen LogP contribution in [0.5, 0.6) is 0 Å². The van der Waals surface area contributed by atoms with Gasteiger partial charge in [0.2, 0.25) is 5.91 Å². The van der Waals surface area contributed by atoms with E-state index in [2.05, 4.69) is 15.3 Å². The number of rotatable bonds is 9. The molecule has 196 valence electrons. The van der Waals surface area contributed by atoms with Gasteiger partial charge in [0.15, 0.2) is 10.3 Å². The number of benzene rings is 2. The van der Waals surface area contributed by atoms with Crippen LogP contribution >= 0.6 is 23.1 Å². The second-order valence-electron chi connectivity index (χ2n) is 8.35. The average molecular weight is 550 g/mol. The Hall–Kier alpha value is -3.96. The number of ether oxygens (including phenoxy) is 1. The SMILES string of the molecule is CCOC(=O)Cc1csc(NC(=O)CSC2=N/C(=C/c3ccc(N(C)C)cc3)C(=O)N2c2ccccc2)n1. The first-order valence-electron chi connectivity index (χ1n) is 11.8. The van der Waals surface area contributed by atoms with Crippen molar-refractivity contribution < 1.29 is 19.1 Å². The molecule has 9 nitrogen and oxygen atoms in total. The molecule has 0 fully saturated rings. The molecule has 4 rings (SSSR count). The van der Waals surface area contributed by atoms with Crippen LogP contribution in [0.15, 0.2) is 70.7 Å². The second kappa shape index (κ2) is 12.5. The monoisotopic (exact) mass is 549 g/mol. The van der Waals surface area contributed by atoms with Crippen LogP contribution in [0, 0.1) is 0 Å². The Morgan fingerprint density at radius 2 is 1.87 bits per heavy atom. The fraction of sp³-hybridized carbons (Fsp3) is 0.222. The van der Waals surface area contributed by atoms with Gasteiger partial charge in [-0.05, 0) is 42.8 Å². The normalized spacial score (nSPS) is 14.0. The highest BCUT2D eigenvalue weighted by atomic mass is 32.2. The Labute approximate surface area is 229 Å². The van der Waals surface area contributed by atoms with E-state index in [1.54, 1.807) is 18.4 Å². The van der Waals surface area contributed by atoms with Crippen LogP contribution < -0.4 is 15.1 Å². The molecule has 0 saturated heterocycles. The molecule has 0 bridgehead atoms. The molecule has 11 heteroatoms. The van der Waals surface area contributed by atoms with Crippen molar-refractivity contribution in [2.75, 3.05) is 41.6 Å². The van der Waals surface area contributed by atoms with Crippen LogP contribution in [0.1, 0.15) is 18.2 Å². The lowest BCUT2D eigenvalue weighted by Crippen LogP contribution is -2.31. The third kappa shape index (κ3) is 6.87. The van der Waals surface area contributed by atoms with E-state index >= 15 is 0 Å². The zero-order chi connectivity index (χ0) is 27.1. The number of carbonyl (C=O) groups is 3. The summed E-state index contributed by atoms with van der Waals surface area (Å²) in [6.45, 7) is 2.04. The number of esters is 1. The van der Waals surface area contributed by atoms with Crippen molar-refractivity contribution in [1.29, 1.82) is 0 Å². The lowest BCUT2D eigenvalue weighted by atomic mass is 10.1. The molecule has 3 aromatic rings. The van der Waals surface area contributed by atoms with Crippen LogP contribution in [0.4, 0.5) is 16.5 Å². The van der Waals surface area contributed by atoms with Gasteiger partial charge in [0, 0.05) is 25.2 Å². The Morgan fingerprint density at radius 1 is 1.13 bits per heavy atom. The largest absolute Gasteiger partial charge is 0.466 e. The number of amidine groups is 1. The smallest absolute Gasteiger partial charge is 0.311 e. The van der Waals surface area contributed by atoms with Crippen LogP contribution in [0.3, 0.4) is 0 Å². The van der Waals surface area contributed by atoms with E-state index in [4.69, 9.17) is 4.74 Å². The number of hydrogen-bond donors (Lipinski definition) is 1. The second-order valence-corrected chi connectivity index (χ2v) is 10.1. The Kier molecular flexibility index (Phi) is 8.93. The van der Waals surface area contributed by atoms with E-state index in [1.807, 2.05) is 73.6 Å². The number of aliphatic imine (C=N–C) groups is 1. The van der Waals surface area contributed by atoms with Crippen LogP contribution in [-0.4, -0.2) is 54.4 Å². The summed E-state index contributed by atoms with van der Waals surface area (Å²) < 4.78 is 4.93. The Morgan fingerprint density at radius 3 is 2.55 bits per heavy atom. The van der Waals surface area contributed by atoms with E-state index in [1.165, 1.54) is 16.2 Å². The first-order chi connectivity index (χ1) is 18.3. The maximum absolute atomic E-state index is 13.3. The Balaban J connectivity index is 1.47. The molecular formula is C27H27N5O4S2. The summed E-state index contributed by atoms with van der Waals surface area (Å²) in [5, 5.41) is 5.25. The molecule has 1 aliphatic heterocycles. The predicted molar refractivity (Wildman–Crippen MR) is 154 cm³/mol. The van der Waals surface area contributed by atoms with Crippen molar-refractivity contribution in [3.05, 3.63) is 76.9 Å². The summed E-state index contributed by atoms with van der Waals surface area (Å²) >= 11 is 2.39. The molecule has 0 saturated carbocycles. The topological polar surface area (TPSA) is 104 Å². The van der Waals surface area contributed by atoms with Crippen molar-refractivity contribution in [3.8, 4) is 0 Å². The first-order valence-corrected chi connectivity index (χ1v) is 13.7. The fourth-order valence-corrected chi connectivity index (χ4v) is 5.05. The van der Waals surface area contributed by atoms with Crippen molar-refractivity contribution in [1.82, 2.24) is 4.98 Å². The van der Waals surface area contributed by atoms with Gasteiger partial charge in [0.05, 0.1) is 30.2 Å². The quantitative estimate of drug-likeness (QED) is 0.311. The standard InChI is InChI=1S/C27H27N5O4S2/c1-4-36-24(34)15-19-16-37-26(28-19)30-23(33)17-38-27-29-22(14-18-10-12-20(13-11-18)31(2)3)25(35)32(27)21-8-6-5-7-9-21/h5-14,16H,4,15,17H2,1-3H3,(H,28,30,33)/b22-14+. The van der Waals surface area contributed by atoms with Crippen LogP contribution in [0.25, 0.3) is 6.08 Å².